The summed E-state index contributed by atoms with van der Waals surface area (Å²) in [4.78, 5) is 0. The number of aliphatic hydroxyl groups is 1. The summed E-state index contributed by atoms with van der Waals surface area (Å²) >= 11 is 0. The molecule has 2 nitrogen and oxygen atoms in total. The summed E-state index contributed by atoms with van der Waals surface area (Å²) in [6.45, 7) is 7.52. The predicted octanol–water partition coefficient (Wildman–Crippen LogP) is 4.55. The van der Waals surface area contributed by atoms with Crippen molar-refractivity contribution in [1.29, 1.82) is 0 Å². The molecule has 2 saturated carbocycles. The lowest BCUT2D eigenvalue weighted by Crippen LogP contribution is -2.50. The molecule has 1 N–H and O–H groups in total. The number of ether oxygens (including phenoxy) is 1. The number of rotatable bonds is 4. The minimum absolute atomic E-state index is 0.240. The van der Waals surface area contributed by atoms with Gasteiger partial charge in [-0.05, 0) is 50.4 Å². The van der Waals surface area contributed by atoms with Crippen molar-refractivity contribution in [3.05, 3.63) is 0 Å². The van der Waals surface area contributed by atoms with E-state index >= 15 is 0 Å². The smallest absolute Gasteiger partial charge is 0.0942 e. The minimum Gasteiger partial charge on any atom is -0.390 e. The van der Waals surface area contributed by atoms with Crippen LogP contribution in [0.4, 0.5) is 0 Å². The lowest BCUT2D eigenvalue weighted by atomic mass is 9.69. The third-order valence-electron chi connectivity index (χ3n) is 6.01. The first kappa shape index (κ1) is 16.3. The topological polar surface area (TPSA) is 29.5 Å². The third kappa shape index (κ3) is 3.57. The van der Waals surface area contributed by atoms with Gasteiger partial charge in [0.05, 0.1) is 11.7 Å². The molecule has 0 radical (unpaired) electrons. The van der Waals surface area contributed by atoms with Gasteiger partial charge < -0.3 is 9.84 Å². The molecule has 2 rings (SSSR count). The molecule has 0 saturated heterocycles. The molecule has 2 aliphatic rings. The Hall–Kier alpha value is -0.0800. The first-order valence-electron chi connectivity index (χ1n) is 8.91. The summed E-state index contributed by atoms with van der Waals surface area (Å²) in [6, 6.07) is 0. The third-order valence-corrected chi connectivity index (χ3v) is 6.01. The molecule has 0 amide bonds. The number of hydrogen-bond acceptors (Lipinski definition) is 2. The summed E-state index contributed by atoms with van der Waals surface area (Å²) in [5, 5.41) is 11.1. The van der Waals surface area contributed by atoms with E-state index in [0.717, 1.165) is 31.3 Å². The molecule has 118 valence electrons. The molecule has 4 unspecified atom stereocenters. The molecule has 2 aliphatic carbocycles. The van der Waals surface area contributed by atoms with Crippen LogP contribution in [-0.4, -0.2) is 23.4 Å². The molecular formula is C18H34O2. The van der Waals surface area contributed by atoms with Gasteiger partial charge in [0.25, 0.3) is 0 Å². The van der Waals surface area contributed by atoms with E-state index in [4.69, 9.17) is 4.74 Å². The van der Waals surface area contributed by atoms with E-state index in [2.05, 4.69) is 20.8 Å². The first-order valence-corrected chi connectivity index (χ1v) is 8.91. The predicted molar refractivity (Wildman–Crippen MR) is 83.7 cm³/mol. The Balaban J connectivity index is 2.07. The largest absolute Gasteiger partial charge is 0.390 e. The zero-order valence-electron chi connectivity index (χ0n) is 13.7. The van der Waals surface area contributed by atoms with E-state index in [1.54, 1.807) is 0 Å². The maximum atomic E-state index is 11.1. The van der Waals surface area contributed by atoms with Crippen LogP contribution >= 0.6 is 0 Å². The fourth-order valence-electron chi connectivity index (χ4n) is 4.45. The quantitative estimate of drug-likeness (QED) is 0.767. The molecule has 0 aliphatic heterocycles. The van der Waals surface area contributed by atoms with Crippen LogP contribution in [0.2, 0.25) is 0 Å². The molecular weight excluding hydrogens is 248 g/mol. The lowest BCUT2D eigenvalue weighted by Gasteiger charge is -2.44. The standard InChI is InChI=1S/C18H34O2/c1-4-20-18(11-7-5-6-8-12-18)17(19)16-10-9-14(2)15(3)13-16/h14-17,19H,4-13H2,1-3H3. The molecule has 2 fully saturated rings. The maximum absolute atomic E-state index is 11.1. The molecule has 20 heavy (non-hydrogen) atoms. The van der Waals surface area contributed by atoms with Crippen LogP contribution in [0.3, 0.4) is 0 Å². The highest BCUT2D eigenvalue weighted by Crippen LogP contribution is 2.42. The number of hydrogen-bond donors (Lipinski definition) is 1. The summed E-state index contributed by atoms with van der Waals surface area (Å²) < 4.78 is 6.18. The monoisotopic (exact) mass is 282 g/mol. The second-order valence-corrected chi connectivity index (χ2v) is 7.38. The van der Waals surface area contributed by atoms with Gasteiger partial charge >= 0.3 is 0 Å². The van der Waals surface area contributed by atoms with Crippen LogP contribution in [-0.2, 0) is 4.74 Å². The Labute approximate surface area is 125 Å². The molecule has 0 aromatic carbocycles. The summed E-state index contributed by atoms with van der Waals surface area (Å²) in [5.41, 5.74) is -0.240. The van der Waals surface area contributed by atoms with Gasteiger partial charge in [0.15, 0.2) is 0 Å². The van der Waals surface area contributed by atoms with Crippen molar-refractivity contribution in [3.8, 4) is 0 Å². The normalized spacial score (nSPS) is 36.3. The Morgan fingerprint density at radius 1 is 1.05 bits per heavy atom. The average molecular weight is 282 g/mol. The SMILES string of the molecule is CCOC1(C(O)C2CCC(C)C(C)C2)CCCCCC1. The van der Waals surface area contributed by atoms with E-state index in [-0.39, 0.29) is 11.7 Å². The van der Waals surface area contributed by atoms with Crippen molar-refractivity contribution in [1.82, 2.24) is 0 Å². The van der Waals surface area contributed by atoms with E-state index in [1.807, 2.05) is 0 Å². The zero-order valence-corrected chi connectivity index (χ0v) is 13.7. The maximum Gasteiger partial charge on any atom is 0.0942 e. The molecule has 4 atom stereocenters. The minimum atomic E-state index is -0.254. The van der Waals surface area contributed by atoms with Gasteiger partial charge in [-0.15, -0.1) is 0 Å². The summed E-state index contributed by atoms with van der Waals surface area (Å²) in [6.07, 6.45) is 10.5. The fourth-order valence-corrected chi connectivity index (χ4v) is 4.45. The second-order valence-electron chi connectivity index (χ2n) is 7.38. The number of aliphatic hydroxyl groups excluding tert-OH is 1. The molecule has 0 aromatic rings. The highest BCUT2D eigenvalue weighted by Gasteiger charge is 2.44. The van der Waals surface area contributed by atoms with Crippen molar-refractivity contribution in [2.24, 2.45) is 17.8 Å². The van der Waals surface area contributed by atoms with Gasteiger partial charge in [0, 0.05) is 6.61 Å². The van der Waals surface area contributed by atoms with Gasteiger partial charge in [-0.3, -0.25) is 0 Å². The molecule has 0 aromatic heterocycles. The lowest BCUT2D eigenvalue weighted by molar-refractivity contribution is -0.154. The van der Waals surface area contributed by atoms with Crippen LogP contribution < -0.4 is 0 Å². The fraction of sp³-hybridized carbons (Fsp3) is 1.00. The van der Waals surface area contributed by atoms with Gasteiger partial charge in [0.2, 0.25) is 0 Å². The van der Waals surface area contributed by atoms with Crippen molar-refractivity contribution in [2.75, 3.05) is 6.61 Å². The molecule has 0 bridgehead atoms. The van der Waals surface area contributed by atoms with Crippen LogP contribution in [0.25, 0.3) is 0 Å². The van der Waals surface area contributed by atoms with Crippen molar-refractivity contribution >= 4 is 0 Å². The van der Waals surface area contributed by atoms with Crippen LogP contribution in [0.15, 0.2) is 0 Å². The van der Waals surface area contributed by atoms with Crippen LogP contribution in [0, 0.1) is 17.8 Å². The van der Waals surface area contributed by atoms with Crippen molar-refractivity contribution in [2.45, 2.75) is 90.3 Å². The highest BCUT2D eigenvalue weighted by molar-refractivity contribution is 4.95. The Bertz CT molecular complexity index is 281. The zero-order chi connectivity index (χ0) is 14.6. The van der Waals surface area contributed by atoms with Crippen LogP contribution in [0.1, 0.15) is 78.6 Å². The molecule has 0 heterocycles. The van der Waals surface area contributed by atoms with Crippen LogP contribution in [0.5, 0.6) is 0 Å². The van der Waals surface area contributed by atoms with E-state index in [9.17, 15) is 5.11 Å². The van der Waals surface area contributed by atoms with E-state index in [0.29, 0.717) is 5.92 Å². The van der Waals surface area contributed by atoms with Gasteiger partial charge in [-0.1, -0.05) is 46.0 Å². The average Bonchev–Trinajstić information content (AvgIpc) is 2.68. The van der Waals surface area contributed by atoms with Crippen molar-refractivity contribution in [3.63, 3.8) is 0 Å². The Morgan fingerprint density at radius 2 is 1.70 bits per heavy atom. The van der Waals surface area contributed by atoms with E-state index < -0.39 is 0 Å². The summed E-state index contributed by atoms with van der Waals surface area (Å²) in [7, 11) is 0. The van der Waals surface area contributed by atoms with Gasteiger partial charge in [-0.25, -0.2) is 0 Å². The Morgan fingerprint density at radius 3 is 2.25 bits per heavy atom. The second kappa shape index (κ2) is 7.26. The molecule has 2 heteroatoms. The summed E-state index contributed by atoms with van der Waals surface area (Å²) in [5.74, 6) is 2.01. The molecule has 0 spiro atoms. The van der Waals surface area contributed by atoms with Gasteiger partial charge in [0.1, 0.15) is 0 Å². The van der Waals surface area contributed by atoms with Gasteiger partial charge in [-0.2, -0.15) is 0 Å². The van der Waals surface area contributed by atoms with Crippen molar-refractivity contribution < 1.29 is 9.84 Å². The Kier molecular flexibility index (Phi) is 5.92. The highest BCUT2D eigenvalue weighted by atomic mass is 16.5. The van der Waals surface area contributed by atoms with E-state index in [1.165, 1.54) is 44.9 Å². The first-order chi connectivity index (χ1) is 9.59.